The van der Waals surface area contributed by atoms with Crippen LogP contribution in [0.5, 0.6) is 0 Å². The third kappa shape index (κ3) is 4.28. The summed E-state index contributed by atoms with van der Waals surface area (Å²) in [5.41, 5.74) is 0.207. The lowest BCUT2D eigenvalue weighted by Crippen LogP contribution is -2.40. The van der Waals surface area contributed by atoms with Crippen molar-refractivity contribution in [1.29, 1.82) is 0 Å². The molecule has 2 fully saturated rings. The lowest BCUT2D eigenvalue weighted by Gasteiger charge is -2.26. The van der Waals surface area contributed by atoms with Gasteiger partial charge in [0, 0.05) is 12.0 Å². The second kappa shape index (κ2) is 7.83. The van der Waals surface area contributed by atoms with Crippen LogP contribution in [-0.2, 0) is 19.1 Å². The van der Waals surface area contributed by atoms with Crippen LogP contribution < -0.4 is 0 Å². The number of benzene rings is 1. The maximum Gasteiger partial charge on any atom is 0.334 e. The van der Waals surface area contributed by atoms with Crippen LogP contribution >= 0.6 is 0 Å². The molecular weight excluding hydrogens is 320 g/mol. The molecule has 0 amide bonds. The molecule has 0 bridgehead atoms. The van der Waals surface area contributed by atoms with Gasteiger partial charge in [0.2, 0.25) is 0 Å². The third-order valence-corrected chi connectivity index (χ3v) is 4.93. The van der Waals surface area contributed by atoms with E-state index < -0.39 is 11.6 Å². The Morgan fingerprint density at radius 3 is 2.64 bits per heavy atom. The molecule has 1 aromatic rings. The predicted octanol–water partition coefficient (Wildman–Crippen LogP) is 2.87. The molecular formula is C20H24O5. The summed E-state index contributed by atoms with van der Waals surface area (Å²) in [5, 5.41) is 9.75. The first kappa shape index (κ1) is 17.7. The Morgan fingerprint density at radius 2 is 1.96 bits per heavy atom. The quantitative estimate of drug-likeness (QED) is 0.657. The van der Waals surface area contributed by atoms with Crippen LogP contribution in [-0.4, -0.2) is 35.9 Å². The number of carbonyl (C=O) groups excluding carboxylic acids is 2. The molecule has 0 radical (unpaired) electrons. The highest BCUT2D eigenvalue weighted by atomic mass is 16.6. The van der Waals surface area contributed by atoms with E-state index >= 15 is 0 Å². The average molecular weight is 344 g/mol. The molecule has 1 saturated heterocycles. The fraction of sp³-hybridized carbons (Fsp3) is 0.500. The van der Waals surface area contributed by atoms with Gasteiger partial charge >= 0.3 is 11.9 Å². The summed E-state index contributed by atoms with van der Waals surface area (Å²) in [4.78, 5) is 24.4. The molecule has 5 heteroatoms. The van der Waals surface area contributed by atoms with Gasteiger partial charge in [-0.15, -0.1) is 0 Å². The first-order chi connectivity index (χ1) is 12.1. The van der Waals surface area contributed by atoms with E-state index in [1.165, 1.54) is 0 Å². The molecule has 0 aromatic heterocycles. The first-order valence-electron chi connectivity index (χ1n) is 8.88. The first-order valence-corrected chi connectivity index (χ1v) is 8.88. The predicted molar refractivity (Wildman–Crippen MR) is 92.5 cm³/mol. The van der Waals surface area contributed by atoms with Crippen molar-refractivity contribution in [1.82, 2.24) is 0 Å². The van der Waals surface area contributed by atoms with Gasteiger partial charge in [0.15, 0.2) is 5.60 Å². The minimum atomic E-state index is -1.16. The minimum Gasteiger partial charge on any atom is -0.461 e. The van der Waals surface area contributed by atoms with Crippen LogP contribution in [0.1, 0.15) is 44.1 Å². The van der Waals surface area contributed by atoms with Gasteiger partial charge in [-0.3, -0.25) is 4.79 Å². The van der Waals surface area contributed by atoms with E-state index in [-0.39, 0.29) is 31.5 Å². The van der Waals surface area contributed by atoms with E-state index in [2.05, 4.69) is 0 Å². The SMILES string of the molecule is O=C1OC(CO)(COC(=O)C2CCCCC2)C/C1=C\c1ccccc1. The summed E-state index contributed by atoms with van der Waals surface area (Å²) in [5.74, 6) is -0.781. The summed E-state index contributed by atoms with van der Waals surface area (Å²) in [6, 6.07) is 9.46. The van der Waals surface area contributed by atoms with Crippen molar-refractivity contribution in [3.63, 3.8) is 0 Å². The summed E-state index contributed by atoms with van der Waals surface area (Å²) in [7, 11) is 0. The molecule has 5 nitrogen and oxygen atoms in total. The van der Waals surface area contributed by atoms with Crippen molar-refractivity contribution in [2.24, 2.45) is 5.92 Å². The highest BCUT2D eigenvalue weighted by Crippen LogP contribution is 2.33. The van der Waals surface area contributed by atoms with Crippen molar-refractivity contribution in [3.05, 3.63) is 41.5 Å². The summed E-state index contributed by atoms with van der Waals surface area (Å²) >= 11 is 0. The van der Waals surface area contributed by atoms with Gasteiger partial charge < -0.3 is 14.6 Å². The van der Waals surface area contributed by atoms with Crippen molar-refractivity contribution >= 4 is 18.0 Å². The second-order valence-electron chi connectivity index (χ2n) is 6.93. The van der Waals surface area contributed by atoms with Gasteiger partial charge in [-0.2, -0.15) is 0 Å². The smallest absolute Gasteiger partial charge is 0.334 e. The molecule has 1 aliphatic carbocycles. The Labute approximate surface area is 147 Å². The zero-order chi connectivity index (χ0) is 17.7. The van der Waals surface area contributed by atoms with Crippen molar-refractivity contribution in [3.8, 4) is 0 Å². The van der Waals surface area contributed by atoms with E-state index in [9.17, 15) is 14.7 Å². The van der Waals surface area contributed by atoms with Crippen molar-refractivity contribution < 1.29 is 24.2 Å². The maximum absolute atomic E-state index is 12.2. The molecule has 25 heavy (non-hydrogen) atoms. The van der Waals surface area contributed by atoms with E-state index in [1.54, 1.807) is 6.08 Å². The van der Waals surface area contributed by atoms with Gasteiger partial charge in [0.05, 0.1) is 12.5 Å². The van der Waals surface area contributed by atoms with Crippen LogP contribution in [0, 0.1) is 5.92 Å². The molecule has 1 unspecified atom stereocenters. The van der Waals surface area contributed by atoms with Crippen LogP contribution in [0.25, 0.3) is 6.08 Å². The maximum atomic E-state index is 12.2. The van der Waals surface area contributed by atoms with Gasteiger partial charge in [-0.1, -0.05) is 49.6 Å². The number of hydrogen-bond donors (Lipinski definition) is 1. The van der Waals surface area contributed by atoms with Crippen LogP contribution in [0.2, 0.25) is 0 Å². The van der Waals surface area contributed by atoms with Crippen LogP contribution in [0.3, 0.4) is 0 Å². The molecule has 1 N–H and O–H groups in total. The van der Waals surface area contributed by atoms with Crippen molar-refractivity contribution in [2.45, 2.75) is 44.1 Å². The summed E-state index contributed by atoms with van der Waals surface area (Å²) in [6.07, 6.45) is 6.94. The minimum absolute atomic E-state index is 0.0686. The fourth-order valence-electron chi connectivity index (χ4n) is 3.45. The van der Waals surface area contributed by atoms with Gasteiger partial charge in [-0.25, -0.2) is 4.79 Å². The standard InChI is InChI=1S/C20H24O5/c21-13-20(14-24-18(22)16-9-5-2-6-10-16)12-17(19(23)25-20)11-15-7-3-1-4-8-15/h1,3-4,7-8,11,16,21H,2,5-6,9-10,12-14H2/b17-11+. The van der Waals surface area contributed by atoms with E-state index in [0.29, 0.717) is 5.57 Å². The van der Waals surface area contributed by atoms with Crippen molar-refractivity contribution in [2.75, 3.05) is 13.2 Å². The number of aliphatic hydroxyl groups is 1. The van der Waals surface area contributed by atoms with Gasteiger partial charge in [-0.05, 0) is 24.5 Å². The lowest BCUT2D eigenvalue weighted by molar-refractivity contribution is -0.169. The molecule has 1 saturated carbocycles. The highest BCUT2D eigenvalue weighted by molar-refractivity contribution is 5.96. The lowest BCUT2D eigenvalue weighted by atomic mass is 9.89. The number of cyclic esters (lactones) is 1. The molecule has 1 heterocycles. The number of carbonyl (C=O) groups is 2. The Morgan fingerprint density at radius 1 is 1.24 bits per heavy atom. The zero-order valence-electron chi connectivity index (χ0n) is 14.3. The molecule has 134 valence electrons. The van der Waals surface area contributed by atoms with E-state index in [4.69, 9.17) is 9.47 Å². The zero-order valence-corrected chi connectivity index (χ0v) is 14.3. The molecule has 0 spiro atoms. The number of hydrogen-bond acceptors (Lipinski definition) is 5. The Balaban J connectivity index is 1.64. The second-order valence-corrected chi connectivity index (χ2v) is 6.93. The Hall–Kier alpha value is -2.14. The number of ether oxygens (including phenoxy) is 2. The summed E-state index contributed by atoms with van der Waals surface area (Å²) in [6.45, 7) is -0.473. The number of esters is 2. The Kier molecular flexibility index (Phi) is 5.53. The van der Waals surface area contributed by atoms with Gasteiger partial charge in [0.25, 0.3) is 0 Å². The fourth-order valence-corrected chi connectivity index (χ4v) is 3.45. The average Bonchev–Trinajstić information content (AvgIpc) is 2.97. The molecule has 2 aliphatic rings. The molecule has 1 aromatic carbocycles. The molecule has 1 atom stereocenters. The largest absolute Gasteiger partial charge is 0.461 e. The number of aliphatic hydroxyl groups excluding tert-OH is 1. The van der Waals surface area contributed by atoms with Crippen LogP contribution in [0.15, 0.2) is 35.9 Å². The monoisotopic (exact) mass is 344 g/mol. The van der Waals surface area contributed by atoms with E-state index in [1.807, 2.05) is 30.3 Å². The normalized spacial score (nSPS) is 25.8. The Bertz CT molecular complexity index is 645. The summed E-state index contributed by atoms with van der Waals surface area (Å²) < 4.78 is 10.8. The third-order valence-electron chi connectivity index (χ3n) is 4.93. The molecule has 1 aliphatic heterocycles. The topological polar surface area (TPSA) is 72.8 Å². The molecule has 3 rings (SSSR count). The highest BCUT2D eigenvalue weighted by Gasteiger charge is 2.45. The van der Waals surface area contributed by atoms with Crippen LogP contribution in [0.4, 0.5) is 0 Å². The van der Waals surface area contributed by atoms with E-state index in [0.717, 1.165) is 37.7 Å². The van der Waals surface area contributed by atoms with Gasteiger partial charge in [0.1, 0.15) is 6.61 Å². The number of rotatable bonds is 5.